The van der Waals surface area contributed by atoms with Gasteiger partial charge in [0.15, 0.2) is 0 Å². The van der Waals surface area contributed by atoms with E-state index >= 15 is 0 Å². The molecule has 4 nitrogen and oxygen atoms in total. The maximum atomic E-state index is 12.1. The predicted octanol–water partition coefficient (Wildman–Crippen LogP) is 4.51. The third-order valence-corrected chi connectivity index (χ3v) is 4.21. The lowest BCUT2D eigenvalue weighted by Crippen LogP contribution is -2.17. The van der Waals surface area contributed by atoms with Crippen LogP contribution in [-0.4, -0.2) is 16.7 Å². The molecule has 126 valence electrons. The molecular formula is C20H18ClN3O. The number of hydrazone groups is 1. The molecule has 5 heteroatoms. The van der Waals surface area contributed by atoms with Crippen molar-refractivity contribution in [2.75, 3.05) is 0 Å². The summed E-state index contributed by atoms with van der Waals surface area (Å²) < 4.78 is 2.16. The van der Waals surface area contributed by atoms with Crippen molar-refractivity contribution >= 4 is 23.7 Å². The predicted molar refractivity (Wildman–Crippen MR) is 102 cm³/mol. The maximum Gasteiger partial charge on any atom is 0.271 e. The third-order valence-electron chi connectivity index (χ3n) is 3.96. The summed E-state index contributed by atoms with van der Waals surface area (Å²) in [5.74, 6) is -0.273. The van der Waals surface area contributed by atoms with Crippen molar-refractivity contribution < 1.29 is 4.79 Å². The van der Waals surface area contributed by atoms with Crippen molar-refractivity contribution in [2.24, 2.45) is 5.10 Å². The van der Waals surface area contributed by atoms with E-state index in [4.69, 9.17) is 11.6 Å². The van der Waals surface area contributed by atoms with Crippen molar-refractivity contribution in [1.29, 1.82) is 0 Å². The molecule has 1 amide bonds. The minimum atomic E-state index is -0.273. The second-order valence-corrected chi connectivity index (χ2v) is 6.14. The molecule has 0 bridgehead atoms. The monoisotopic (exact) mass is 351 g/mol. The van der Waals surface area contributed by atoms with Gasteiger partial charge in [-0.25, -0.2) is 5.43 Å². The van der Waals surface area contributed by atoms with Gasteiger partial charge in [-0.2, -0.15) is 5.10 Å². The maximum absolute atomic E-state index is 12.1. The number of amides is 1. The van der Waals surface area contributed by atoms with Crippen molar-refractivity contribution in [3.8, 4) is 5.69 Å². The van der Waals surface area contributed by atoms with E-state index < -0.39 is 0 Å². The molecule has 0 fully saturated rings. The topological polar surface area (TPSA) is 46.4 Å². The Hall–Kier alpha value is -2.85. The minimum Gasteiger partial charge on any atom is -0.318 e. The first-order valence-corrected chi connectivity index (χ1v) is 8.27. The van der Waals surface area contributed by atoms with Gasteiger partial charge >= 0.3 is 0 Å². The summed E-state index contributed by atoms with van der Waals surface area (Å²) in [6.07, 6.45) is 1.66. The van der Waals surface area contributed by atoms with Crippen molar-refractivity contribution in [3.63, 3.8) is 0 Å². The van der Waals surface area contributed by atoms with Crippen LogP contribution in [0.25, 0.3) is 5.69 Å². The Morgan fingerprint density at radius 1 is 1.08 bits per heavy atom. The molecule has 0 aliphatic rings. The molecule has 0 unspecified atom stereocenters. The lowest BCUT2D eigenvalue weighted by Gasteiger charge is -2.08. The van der Waals surface area contributed by atoms with E-state index in [1.807, 2.05) is 38.1 Å². The fourth-order valence-corrected chi connectivity index (χ4v) is 2.84. The number of nitrogens with one attached hydrogen (secondary N) is 1. The molecule has 2 aromatic carbocycles. The first kappa shape index (κ1) is 17.0. The highest BCUT2D eigenvalue weighted by atomic mass is 35.5. The van der Waals surface area contributed by atoms with Gasteiger partial charge in [-0.05, 0) is 56.3 Å². The number of benzene rings is 2. The van der Waals surface area contributed by atoms with Crippen LogP contribution >= 0.6 is 11.6 Å². The molecule has 1 N–H and O–H groups in total. The van der Waals surface area contributed by atoms with Crippen LogP contribution in [0.3, 0.4) is 0 Å². The number of para-hydroxylation sites is 1. The first-order valence-electron chi connectivity index (χ1n) is 7.89. The zero-order valence-corrected chi connectivity index (χ0v) is 14.8. The van der Waals surface area contributed by atoms with Gasteiger partial charge in [-0.3, -0.25) is 4.79 Å². The van der Waals surface area contributed by atoms with Gasteiger partial charge in [-0.15, -0.1) is 0 Å². The lowest BCUT2D eigenvalue weighted by atomic mass is 10.2. The molecule has 3 rings (SSSR count). The number of carbonyl (C=O) groups excluding carboxylic acids is 1. The highest BCUT2D eigenvalue weighted by Crippen LogP contribution is 2.19. The standard InChI is InChI=1S/C20H18ClN3O/c1-14-12-17(15(2)24(14)19-6-4-3-5-7-19)13-22-23-20(25)16-8-10-18(21)11-9-16/h3-13H,1-2H3,(H,23,25)/b22-13-. The number of aromatic nitrogens is 1. The summed E-state index contributed by atoms with van der Waals surface area (Å²) in [4.78, 5) is 12.1. The van der Waals surface area contributed by atoms with Crippen LogP contribution in [0.2, 0.25) is 5.02 Å². The van der Waals surface area contributed by atoms with Crippen LogP contribution in [0.5, 0.6) is 0 Å². The van der Waals surface area contributed by atoms with E-state index in [9.17, 15) is 4.79 Å². The number of aryl methyl sites for hydroxylation is 1. The number of nitrogens with zero attached hydrogens (tertiary/aromatic N) is 2. The van der Waals surface area contributed by atoms with Gasteiger partial charge in [0, 0.05) is 33.2 Å². The highest BCUT2D eigenvalue weighted by Gasteiger charge is 2.09. The van der Waals surface area contributed by atoms with Gasteiger partial charge < -0.3 is 4.57 Å². The van der Waals surface area contributed by atoms with Crippen LogP contribution < -0.4 is 5.43 Å². The largest absolute Gasteiger partial charge is 0.318 e. The molecule has 0 saturated heterocycles. The van der Waals surface area contributed by atoms with E-state index in [1.54, 1.807) is 30.5 Å². The Kier molecular flexibility index (Phi) is 5.00. The Labute approximate surface area is 151 Å². The molecule has 3 aromatic rings. The van der Waals surface area contributed by atoms with E-state index in [2.05, 4.69) is 27.2 Å². The van der Waals surface area contributed by atoms with Crippen molar-refractivity contribution in [1.82, 2.24) is 9.99 Å². The van der Waals surface area contributed by atoms with Gasteiger partial charge in [-0.1, -0.05) is 29.8 Å². The fourth-order valence-electron chi connectivity index (χ4n) is 2.72. The number of rotatable bonds is 4. The number of halogens is 1. The fraction of sp³-hybridized carbons (Fsp3) is 0.100. The van der Waals surface area contributed by atoms with Crippen molar-refractivity contribution in [3.05, 3.63) is 88.2 Å². The Balaban J connectivity index is 1.76. The summed E-state index contributed by atoms with van der Waals surface area (Å²) in [5, 5.41) is 4.67. The van der Waals surface area contributed by atoms with E-state index in [0.29, 0.717) is 10.6 Å². The normalized spacial score (nSPS) is 11.0. The Morgan fingerprint density at radius 3 is 2.44 bits per heavy atom. The molecule has 0 radical (unpaired) electrons. The van der Waals surface area contributed by atoms with E-state index in [0.717, 1.165) is 22.6 Å². The van der Waals surface area contributed by atoms with Crippen molar-refractivity contribution in [2.45, 2.75) is 13.8 Å². The average molecular weight is 352 g/mol. The number of hydrogen-bond acceptors (Lipinski definition) is 2. The molecule has 25 heavy (non-hydrogen) atoms. The van der Waals surface area contributed by atoms with Crippen LogP contribution in [0.1, 0.15) is 27.3 Å². The first-order chi connectivity index (χ1) is 12.1. The SMILES string of the molecule is Cc1cc(/C=N\NC(=O)c2ccc(Cl)cc2)c(C)n1-c1ccccc1. The summed E-state index contributed by atoms with van der Waals surface area (Å²) >= 11 is 5.82. The molecule has 0 aliphatic heterocycles. The van der Waals surface area contributed by atoms with Gasteiger partial charge in [0.1, 0.15) is 0 Å². The zero-order valence-electron chi connectivity index (χ0n) is 14.0. The second kappa shape index (κ2) is 7.36. The highest BCUT2D eigenvalue weighted by molar-refractivity contribution is 6.30. The van der Waals surface area contributed by atoms with Crippen LogP contribution in [0, 0.1) is 13.8 Å². The molecule has 1 aromatic heterocycles. The van der Waals surface area contributed by atoms with Gasteiger partial charge in [0.25, 0.3) is 5.91 Å². The summed E-state index contributed by atoms with van der Waals surface area (Å²) in [6, 6.07) is 18.8. The van der Waals surface area contributed by atoms with Gasteiger partial charge in [0.2, 0.25) is 0 Å². The van der Waals surface area contributed by atoms with E-state index in [-0.39, 0.29) is 5.91 Å². The van der Waals surface area contributed by atoms with Gasteiger partial charge in [0.05, 0.1) is 6.21 Å². The van der Waals surface area contributed by atoms with Crippen LogP contribution in [-0.2, 0) is 0 Å². The Bertz CT molecular complexity index is 912. The zero-order chi connectivity index (χ0) is 17.8. The molecule has 0 atom stereocenters. The minimum absolute atomic E-state index is 0.273. The smallest absolute Gasteiger partial charge is 0.271 e. The quantitative estimate of drug-likeness (QED) is 0.545. The molecule has 0 saturated carbocycles. The third kappa shape index (κ3) is 3.80. The number of carbonyl (C=O) groups is 1. The average Bonchev–Trinajstić information content (AvgIpc) is 2.90. The lowest BCUT2D eigenvalue weighted by molar-refractivity contribution is 0.0955. The molecule has 0 spiro atoms. The van der Waals surface area contributed by atoms with E-state index in [1.165, 1.54) is 0 Å². The summed E-state index contributed by atoms with van der Waals surface area (Å²) in [6.45, 7) is 4.08. The molecule has 0 aliphatic carbocycles. The Morgan fingerprint density at radius 2 is 1.76 bits per heavy atom. The van der Waals surface area contributed by atoms with Crippen LogP contribution in [0.15, 0.2) is 65.8 Å². The molecule has 1 heterocycles. The van der Waals surface area contributed by atoms with Crippen LogP contribution in [0.4, 0.5) is 0 Å². The summed E-state index contributed by atoms with van der Waals surface area (Å²) in [7, 11) is 0. The summed E-state index contributed by atoms with van der Waals surface area (Å²) in [5.41, 5.74) is 7.28. The molecular weight excluding hydrogens is 334 g/mol. The number of hydrogen-bond donors (Lipinski definition) is 1. The second-order valence-electron chi connectivity index (χ2n) is 5.70.